The number of nitro benzene ring substituents is 1. The van der Waals surface area contributed by atoms with E-state index >= 15 is 0 Å². The molecule has 26 heavy (non-hydrogen) atoms. The Morgan fingerprint density at radius 3 is 2.58 bits per heavy atom. The van der Waals surface area contributed by atoms with Crippen molar-refractivity contribution >= 4 is 23.3 Å². The molecule has 2 heterocycles. The van der Waals surface area contributed by atoms with Gasteiger partial charge < -0.3 is 19.7 Å². The van der Waals surface area contributed by atoms with E-state index in [1.165, 1.54) is 18.2 Å². The van der Waals surface area contributed by atoms with Gasteiger partial charge in [0.25, 0.3) is 11.6 Å². The van der Waals surface area contributed by atoms with Gasteiger partial charge in [0, 0.05) is 24.7 Å². The lowest BCUT2D eigenvalue weighted by Gasteiger charge is -2.17. The summed E-state index contributed by atoms with van der Waals surface area (Å²) in [4.78, 5) is 35.9. The minimum Gasteiger partial charge on any atom is -0.475 e. The van der Waals surface area contributed by atoms with Crippen molar-refractivity contribution in [2.45, 2.75) is 19.4 Å². The number of nitrogens with zero attached hydrogens (tertiary/aromatic N) is 2. The van der Waals surface area contributed by atoms with Crippen molar-refractivity contribution in [1.82, 2.24) is 5.32 Å². The van der Waals surface area contributed by atoms with E-state index in [0.717, 1.165) is 25.9 Å². The summed E-state index contributed by atoms with van der Waals surface area (Å²) in [5.41, 5.74) is 0.566. The lowest BCUT2D eigenvalue weighted by Crippen LogP contribution is -2.23. The highest BCUT2D eigenvalue weighted by molar-refractivity contribution is 5.95. The zero-order valence-electron chi connectivity index (χ0n) is 13.8. The number of hydrogen-bond acceptors (Lipinski definition) is 6. The van der Waals surface area contributed by atoms with Gasteiger partial charge in [-0.05, 0) is 37.1 Å². The molecule has 0 spiro atoms. The summed E-state index contributed by atoms with van der Waals surface area (Å²) in [5.74, 6) is -1.65. The number of nitrogens with one attached hydrogen (secondary N) is 1. The molecule has 3 rings (SSSR count). The number of anilines is 1. The second kappa shape index (κ2) is 7.26. The Labute approximate surface area is 148 Å². The first-order valence-corrected chi connectivity index (χ1v) is 8.09. The van der Waals surface area contributed by atoms with Gasteiger partial charge in [0.05, 0.1) is 11.5 Å². The number of rotatable bonds is 6. The lowest BCUT2D eigenvalue weighted by molar-refractivity contribution is -0.384. The van der Waals surface area contributed by atoms with Gasteiger partial charge in [-0.25, -0.2) is 4.79 Å². The molecule has 2 aromatic rings. The van der Waals surface area contributed by atoms with Crippen molar-refractivity contribution in [3.8, 4) is 0 Å². The van der Waals surface area contributed by atoms with Crippen LogP contribution < -0.4 is 10.2 Å². The number of carbonyl (C=O) groups excluding carboxylic acids is 1. The highest BCUT2D eigenvalue weighted by Gasteiger charge is 2.24. The van der Waals surface area contributed by atoms with E-state index in [1.54, 1.807) is 12.1 Å². The predicted molar refractivity (Wildman–Crippen MR) is 91.4 cm³/mol. The molecule has 9 nitrogen and oxygen atoms in total. The van der Waals surface area contributed by atoms with Crippen LogP contribution in [0, 0.1) is 10.1 Å². The fourth-order valence-electron chi connectivity index (χ4n) is 2.89. The Kier molecular flexibility index (Phi) is 4.87. The van der Waals surface area contributed by atoms with E-state index in [-0.39, 0.29) is 29.3 Å². The van der Waals surface area contributed by atoms with Crippen LogP contribution in [0.2, 0.25) is 0 Å². The predicted octanol–water partition coefficient (Wildman–Crippen LogP) is 2.42. The van der Waals surface area contributed by atoms with Gasteiger partial charge >= 0.3 is 5.97 Å². The Balaban J connectivity index is 1.73. The molecule has 0 unspecified atom stereocenters. The molecule has 136 valence electrons. The molecule has 0 saturated carbocycles. The smallest absolute Gasteiger partial charge is 0.371 e. The number of nitro groups is 1. The second-order valence-corrected chi connectivity index (χ2v) is 5.91. The molecule has 1 saturated heterocycles. The first-order chi connectivity index (χ1) is 12.5. The third-order valence-electron chi connectivity index (χ3n) is 4.18. The van der Waals surface area contributed by atoms with E-state index in [4.69, 9.17) is 9.52 Å². The standard InChI is InChI=1S/C17H17N3O6/c21-16(18-10-12-4-6-15(26-12)17(22)23)11-3-5-13(14(9-11)20(24)25)19-7-1-2-8-19/h3-6,9H,1-2,7-8,10H2,(H,18,21)(H,22,23). The van der Waals surface area contributed by atoms with Crippen LogP contribution in [-0.4, -0.2) is 35.0 Å². The number of hydrogen-bond donors (Lipinski definition) is 2. The largest absolute Gasteiger partial charge is 0.475 e. The number of carboxylic acid groups (broad SMARTS) is 1. The van der Waals surface area contributed by atoms with Gasteiger partial charge in [0.1, 0.15) is 11.4 Å². The molecule has 1 fully saturated rings. The minimum absolute atomic E-state index is 0.0201. The number of carboxylic acids is 1. The summed E-state index contributed by atoms with van der Waals surface area (Å²) in [6.07, 6.45) is 1.97. The maximum absolute atomic E-state index is 12.3. The summed E-state index contributed by atoms with van der Waals surface area (Å²) in [7, 11) is 0. The Morgan fingerprint density at radius 1 is 1.23 bits per heavy atom. The van der Waals surface area contributed by atoms with Crippen LogP contribution >= 0.6 is 0 Å². The number of amides is 1. The SMILES string of the molecule is O=C(NCc1ccc(C(=O)O)o1)c1ccc(N2CCCC2)c([N+](=O)[O-])c1. The van der Waals surface area contributed by atoms with E-state index in [1.807, 2.05) is 4.90 Å². The molecule has 9 heteroatoms. The highest BCUT2D eigenvalue weighted by Crippen LogP contribution is 2.31. The quantitative estimate of drug-likeness (QED) is 0.599. The molecule has 0 aliphatic carbocycles. The average Bonchev–Trinajstić information content (AvgIpc) is 3.30. The van der Waals surface area contributed by atoms with Crippen molar-refractivity contribution in [3.63, 3.8) is 0 Å². The summed E-state index contributed by atoms with van der Waals surface area (Å²) < 4.78 is 5.05. The van der Waals surface area contributed by atoms with Crippen molar-refractivity contribution < 1.29 is 24.0 Å². The van der Waals surface area contributed by atoms with Crippen LogP contribution in [0.15, 0.2) is 34.7 Å². The molecule has 0 bridgehead atoms. The topological polar surface area (TPSA) is 126 Å². The zero-order chi connectivity index (χ0) is 18.7. The van der Waals surface area contributed by atoms with Crippen LogP contribution in [0.25, 0.3) is 0 Å². The number of benzene rings is 1. The maximum Gasteiger partial charge on any atom is 0.371 e. The second-order valence-electron chi connectivity index (χ2n) is 5.91. The number of carbonyl (C=O) groups is 2. The third kappa shape index (κ3) is 3.66. The highest BCUT2D eigenvalue weighted by atomic mass is 16.6. The van der Waals surface area contributed by atoms with Crippen LogP contribution in [-0.2, 0) is 6.54 Å². The van der Waals surface area contributed by atoms with Gasteiger partial charge in [0.15, 0.2) is 0 Å². The number of aromatic carboxylic acids is 1. The summed E-state index contributed by atoms with van der Waals surface area (Å²) in [6, 6.07) is 7.13. The van der Waals surface area contributed by atoms with Crippen molar-refractivity contribution in [3.05, 3.63) is 57.5 Å². The van der Waals surface area contributed by atoms with Gasteiger partial charge in [0.2, 0.25) is 5.76 Å². The molecule has 1 aromatic heterocycles. The van der Waals surface area contributed by atoms with E-state index < -0.39 is 16.8 Å². The van der Waals surface area contributed by atoms with Crippen LogP contribution in [0.5, 0.6) is 0 Å². The third-order valence-corrected chi connectivity index (χ3v) is 4.18. The first-order valence-electron chi connectivity index (χ1n) is 8.09. The number of furan rings is 1. The van der Waals surface area contributed by atoms with E-state index in [9.17, 15) is 19.7 Å². The van der Waals surface area contributed by atoms with Crippen molar-refractivity contribution in [2.75, 3.05) is 18.0 Å². The van der Waals surface area contributed by atoms with E-state index in [0.29, 0.717) is 5.69 Å². The molecular formula is C17H17N3O6. The fourth-order valence-corrected chi connectivity index (χ4v) is 2.89. The zero-order valence-corrected chi connectivity index (χ0v) is 13.8. The molecule has 1 aliphatic heterocycles. The fraction of sp³-hybridized carbons (Fsp3) is 0.294. The normalized spacial score (nSPS) is 13.6. The average molecular weight is 359 g/mol. The summed E-state index contributed by atoms with van der Waals surface area (Å²) >= 11 is 0. The molecule has 2 N–H and O–H groups in total. The minimum atomic E-state index is -1.20. The molecular weight excluding hydrogens is 342 g/mol. The summed E-state index contributed by atoms with van der Waals surface area (Å²) in [6.45, 7) is 1.50. The first kappa shape index (κ1) is 17.5. The van der Waals surface area contributed by atoms with Crippen molar-refractivity contribution in [1.29, 1.82) is 0 Å². The molecule has 1 aromatic carbocycles. The van der Waals surface area contributed by atoms with Crippen LogP contribution in [0.1, 0.15) is 39.5 Å². The Bertz CT molecular complexity index is 854. The molecule has 0 atom stereocenters. The monoisotopic (exact) mass is 359 g/mol. The Morgan fingerprint density at radius 2 is 1.96 bits per heavy atom. The van der Waals surface area contributed by atoms with Crippen molar-refractivity contribution in [2.24, 2.45) is 0 Å². The molecule has 1 amide bonds. The summed E-state index contributed by atoms with van der Waals surface area (Å²) in [5, 5.41) is 22.7. The lowest BCUT2D eigenvalue weighted by atomic mass is 10.1. The van der Waals surface area contributed by atoms with Crippen LogP contribution in [0.3, 0.4) is 0 Å². The Hall–Kier alpha value is -3.36. The van der Waals surface area contributed by atoms with Gasteiger partial charge in [-0.1, -0.05) is 0 Å². The maximum atomic E-state index is 12.3. The van der Waals surface area contributed by atoms with Crippen LogP contribution in [0.4, 0.5) is 11.4 Å². The van der Waals surface area contributed by atoms with Gasteiger partial charge in [-0.15, -0.1) is 0 Å². The van der Waals surface area contributed by atoms with E-state index in [2.05, 4.69) is 5.32 Å². The molecule has 1 aliphatic rings. The molecule has 0 radical (unpaired) electrons. The van der Waals surface area contributed by atoms with Gasteiger partial charge in [-0.3, -0.25) is 14.9 Å². The van der Waals surface area contributed by atoms with Gasteiger partial charge in [-0.2, -0.15) is 0 Å².